The average molecular weight is 281 g/mol. The number of rotatable bonds is 6. The van der Waals surface area contributed by atoms with Gasteiger partial charge in [0.1, 0.15) is 5.69 Å². The van der Waals surface area contributed by atoms with E-state index in [1.807, 2.05) is 0 Å². The van der Waals surface area contributed by atoms with Gasteiger partial charge in [0.25, 0.3) is 5.69 Å². The number of nitro groups is 1. The molecule has 0 amide bonds. The fraction of sp³-hybridized carbons (Fsp3) is 0.538. The number of nitro benzene ring substituents is 1. The molecule has 0 bridgehead atoms. The highest BCUT2D eigenvalue weighted by molar-refractivity contribution is 5.68. The van der Waals surface area contributed by atoms with Gasteiger partial charge in [-0.1, -0.05) is 0 Å². The number of methoxy groups -OCH3 is 2. The van der Waals surface area contributed by atoms with Crippen molar-refractivity contribution in [2.24, 2.45) is 0 Å². The van der Waals surface area contributed by atoms with Crippen LogP contribution in [0.5, 0.6) is 11.5 Å². The van der Waals surface area contributed by atoms with E-state index in [-0.39, 0.29) is 5.69 Å². The van der Waals surface area contributed by atoms with Gasteiger partial charge < -0.3 is 20.1 Å². The SMILES string of the molecule is COc1cc(NCC2CCCN2)c([N+](=O)[O-])cc1OC. The molecular formula is C13H19N3O4. The first-order chi connectivity index (χ1) is 9.65. The van der Waals surface area contributed by atoms with Crippen LogP contribution in [-0.2, 0) is 0 Å². The Hall–Kier alpha value is -2.02. The molecule has 1 saturated heterocycles. The maximum absolute atomic E-state index is 11.1. The lowest BCUT2D eigenvalue weighted by atomic mass is 10.2. The van der Waals surface area contributed by atoms with Crippen molar-refractivity contribution in [1.29, 1.82) is 0 Å². The zero-order valence-corrected chi connectivity index (χ0v) is 11.6. The molecule has 7 nitrogen and oxygen atoms in total. The summed E-state index contributed by atoms with van der Waals surface area (Å²) >= 11 is 0. The quantitative estimate of drug-likeness (QED) is 0.610. The summed E-state index contributed by atoms with van der Waals surface area (Å²) in [5, 5.41) is 17.6. The minimum absolute atomic E-state index is 0.0133. The molecule has 2 N–H and O–H groups in total. The topological polar surface area (TPSA) is 85.7 Å². The summed E-state index contributed by atoms with van der Waals surface area (Å²) in [6.45, 7) is 1.65. The Morgan fingerprint density at radius 3 is 2.65 bits per heavy atom. The molecule has 1 unspecified atom stereocenters. The fourth-order valence-corrected chi connectivity index (χ4v) is 2.32. The van der Waals surface area contributed by atoms with E-state index in [0.717, 1.165) is 19.4 Å². The second kappa shape index (κ2) is 6.42. The van der Waals surface area contributed by atoms with E-state index < -0.39 is 4.92 Å². The van der Waals surface area contributed by atoms with Crippen molar-refractivity contribution in [3.8, 4) is 11.5 Å². The molecule has 1 aliphatic heterocycles. The lowest BCUT2D eigenvalue weighted by Gasteiger charge is -2.15. The number of nitrogens with one attached hydrogen (secondary N) is 2. The van der Waals surface area contributed by atoms with E-state index in [2.05, 4.69) is 10.6 Å². The number of benzene rings is 1. The normalized spacial score (nSPS) is 17.8. The van der Waals surface area contributed by atoms with Crippen LogP contribution >= 0.6 is 0 Å². The van der Waals surface area contributed by atoms with Gasteiger partial charge in [0.15, 0.2) is 11.5 Å². The number of nitrogens with zero attached hydrogens (tertiary/aromatic N) is 1. The third kappa shape index (κ3) is 3.11. The van der Waals surface area contributed by atoms with Gasteiger partial charge in [-0.05, 0) is 19.4 Å². The van der Waals surface area contributed by atoms with E-state index in [9.17, 15) is 10.1 Å². The summed E-state index contributed by atoms with van der Waals surface area (Å²) in [5.74, 6) is 0.823. The number of ether oxygens (including phenoxy) is 2. The van der Waals surface area contributed by atoms with Crippen LogP contribution < -0.4 is 20.1 Å². The summed E-state index contributed by atoms with van der Waals surface area (Å²) < 4.78 is 10.3. The third-order valence-corrected chi connectivity index (χ3v) is 3.40. The van der Waals surface area contributed by atoms with Crippen LogP contribution in [0.3, 0.4) is 0 Å². The number of hydrogen-bond donors (Lipinski definition) is 2. The molecule has 0 aliphatic carbocycles. The minimum Gasteiger partial charge on any atom is -0.493 e. The van der Waals surface area contributed by atoms with Gasteiger partial charge in [-0.3, -0.25) is 10.1 Å². The first-order valence-corrected chi connectivity index (χ1v) is 6.53. The summed E-state index contributed by atoms with van der Waals surface area (Å²) in [4.78, 5) is 10.7. The van der Waals surface area contributed by atoms with Gasteiger partial charge in [-0.2, -0.15) is 0 Å². The summed E-state index contributed by atoms with van der Waals surface area (Å²) in [5.41, 5.74) is 0.432. The van der Waals surface area contributed by atoms with Crippen molar-refractivity contribution >= 4 is 11.4 Å². The predicted molar refractivity (Wildman–Crippen MR) is 75.7 cm³/mol. The molecule has 0 aromatic heterocycles. The Kier molecular flexibility index (Phi) is 4.62. The van der Waals surface area contributed by atoms with E-state index in [4.69, 9.17) is 9.47 Å². The standard InChI is InChI=1S/C13H19N3O4/c1-19-12-6-10(15-8-9-4-3-5-14-9)11(16(17)18)7-13(12)20-2/h6-7,9,14-15H,3-5,8H2,1-2H3. The van der Waals surface area contributed by atoms with Crippen LogP contribution in [0.2, 0.25) is 0 Å². The monoisotopic (exact) mass is 281 g/mol. The van der Waals surface area contributed by atoms with Gasteiger partial charge in [-0.25, -0.2) is 0 Å². The Bertz CT molecular complexity index is 487. The van der Waals surface area contributed by atoms with E-state index >= 15 is 0 Å². The Morgan fingerprint density at radius 2 is 2.10 bits per heavy atom. The summed E-state index contributed by atoms with van der Waals surface area (Å²) in [7, 11) is 2.96. The highest BCUT2D eigenvalue weighted by Crippen LogP contribution is 2.37. The maximum atomic E-state index is 11.1. The smallest absolute Gasteiger partial charge is 0.296 e. The van der Waals surface area contributed by atoms with Crippen molar-refractivity contribution in [3.63, 3.8) is 0 Å². The molecular weight excluding hydrogens is 262 g/mol. The Balaban J connectivity index is 2.21. The highest BCUT2D eigenvalue weighted by atomic mass is 16.6. The molecule has 1 heterocycles. The zero-order valence-electron chi connectivity index (χ0n) is 11.6. The van der Waals surface area contributed by atoms with Crippen molar-refractivity contribution in [2.45, 2.75) is 18.9 Å². The van der Waals surface area contributed by atoms with Gasteiger partial charge in [-0.15, -0.1) is 0 Å². The third-order valence-electron chi connectivity index (χ3n) is 3.40. The van der Waals surface area contributed by atoms with E-state index in [1.165, 1.54) is 20.3 Å². The van der Waals surface area contributed by atoms with Gasteiger partial charge >= 0.3 is 0 Å². The molecule has 0 saturated carbocycles. The highest BCUT2D eigenvalue weighted by Gasteiger charge is 2.21. The van der Waals surface area contributed by atoms with Crippen LogP contribution in [0.1, 0.15) is 12.8 Å². The van der Waals surface area contributed by atoms with Crippen LogP contribution in [0.25, 0.3) is 0 Å². The number of anilines is 1. The molecule has 2 rings (SSSR count). The van der Waals surface area contributed by atoms with Crippen LogP contribution in [-0.4, -0.2) is 38.3 Å². The number of hydrogen-bond acceptors (Lipinski definition) is 6. The lowest BCUT2D eigenvalue weighted by Crippen LogP contribution is -2.29. The molecule has 110 valence electrons. The molecule has 1 atom stereocenters. The molecule has 1 aliphatic rings. The molecule has 20 heavy (non-hydrogen) atoms. The van der Waals surface area contributed by atoms with Gasteiger partial charge in [0.05, 0.1) is 25.2 Å². The molecule has 1 fully saturated rings. The Morgan fingerprint density at radius 1 is 1.40 bits per heavy atom. The van der Waals surface area contributed by atoms with E-state index in [1.54, 1.807) is 6.07 Å². The van der Waals surface area contributed by atoms with Crippen LogP contribution in [0.15, 0.2) is 12.1 Å². The largest absolute Gasteiger partial charge is 0.493 e. The fourth-order valence-electron chi connectivity index (χ4n) is 2.32. The molecule has 0 spiro atoms. The van der Waals surface area contributed by atoms with Gasteiger partial charge in [0, 0.05) is 18.7 Å². The van der Waals surface area contributed by atoms with Gasteiger partial charge in [0.2, 0.25) is 0 Å². The van der Waals surface area contributed by atoms with Crippen LogP contribution in [0, 0.1) is 10.1 Å². The molecule has 0 radical (unpaired) electrons. The molecule has 7 heteroatoms. The van der Waals surface area contributed by atoms with Crippen LogP contribution in [0.4, 0.5) is 11.4 Å². The zero-order chi connectivity index (χ0) is 14.5. The maximum Gasteiger partial charge on any atom is 0.296 e. The summed E-state index contributed by atoms with van der Waals surface area (Å²) in [6.07, 6.45) is 2.22. The molecule has 1 aromatic carbocycles. The van der Waals surface area contributed by atoms with E-state index in [0.29, 0.717) is 29.8 Å². The van der Waals surface area contributed by atoms with Crippen molar-refractivity contribution in [2.75, 3.05) is 32.6 Å². The van der Waals surface area contributed by atoms with Crippen molar-refractivity contribution in [1.82, 2.24) is 5.32 Å². The van der Waals surface area contributed by atoms with Crippen molar-refractivity contribution < 1.29 is 14.4 Å². The average Bonchev–Trinajstić information content (AvgIpc) is 2.97. The molecule has 1 aromatic rings. The van der Waals surface area contributed by atoms with Crippen molar-refractivity contribution in [3.05, 3.63) is 22.2 Å². The predicted octanol–water partition coefficient (Wildman–Crippen LogP) is 1.78. The first-order valence-electron chi connectivity index (χ1n) is 6.53. The first kappa shape index (κ1) is 14.4. The summed E-state index contributed by atoms with van der Waals surface area (Å²) in [6, 6.07) is 3.33. The lowest BCUT2D eigenvalue weighted by molar-refractivity contribution is -0.384. The minimum atomic E-state index is -0.424. The second-order valence-electron chi connectivity index (χ2n) is 4.66. The second-order valence-corrected chi connectivity index (χ2v) is 4.66. The Labute approximate surface area is 117 Å².